The van der Waals surface area contributed by atoms with E-state index in [9.17, 15) is 9.90 Å². The van der Waals surface area contributed by atoms with Crippen molar-refractivity contribution in [3.8, 4) is 0 Å². The van der Waals surface area contributed by atoms with Gasteiger partial charge in [-0.2, -0.15) is 0 Å². The molecular formula is C11H19NO3. The Balaban J connectivity index is 2.04. The van der Waals surface area contributed by atoms with Gasteiger partial charge in [0.05, 0.1) is 5.41 Å². The molecule has 1 unspecified atom stereocenters. The van der Waals surface area contributed by atoms with Crippen molar-refractivity contribution in [1.29, 1.82) is 0 Å². The standard InChI is InChI=1S/C11H19NO3/c12-9(8-2-6-15-7-3-8)11(10(13)14)4-1-5-11/h8-9H,1-7,12H2,(H,13,14). The summed E-state index contributed by atoms with van der Waals surface area (Å²) in [6.07, 6.45) is 4.33. The van der Waals surface area contributed by atoms with Crippen LogP contribution in [0.4, 0.5) is 0 Å². The molecule has 0 radical (unpaired) electrons. The van der Waals surface area contributed by atoms with Crippen molar-refractivity contribution in [2.75, 3.05) is 13.2 Å². The average Bonchev–Trinajstić information content (AvgIpc) is 2.16. The largest absolute Gasteiger partial charge is 0.481 e. The molecule has 1 aliphatic carbocycles. The summed E-state index contributed by atoms with van der Waals surface area (Å²) in [7, 11) is 0. The van der Waals surface area contributed by atoms with Crippen molar-refractivity contribution in [3.05, 3.63) is 0 Å². The van der Waals surface area contributed by atoms with Gasteiger partial charge in [-0.15, -0.1) is 0 Å². The molecule has 4 nitrogen and oxygen atoms in total. The molecule has 2 rings (SSSR count). The molecule has 0 spiro atoms. The highest BCUT2D eigenvalue weighted by atomic mass is 16.5. The van der Waals surface area contributed by atoms with E-state index in [4.69, 9.17) is 10.5 Å². The summed E-state index contributed by atoms with van der Waals surface area (Å²) in [5, 5.41) is 9.27. The van der Waals surface area contributed by atoms with Crippen molar-refractivity contribution in [1.82, 2.24) is 0 Å². The Morgan fingerprint density at radius 2 is 2.00 bits per heavy atom. The highest BCUT2D eigenvalue weighted by Crippen LogP contribution is 2.46. The second kappa shape index (κ2) is 4.10. The molecule has 0 amide bonds. The maximum atomic E-state index is 11.3. The maximum Gasteiger partial charge on any atom is 0.311 e. The fourth-order valence-electron chi connectivity index (χ4n) is 2.77. The van der Waals surface area contributed by atoms with Crippen molar-refractivity contribution in [3.63, 3.8) is 0 Å². The van der Waals surface area contributed by atoms with Gasteiger partial charge in [-0.25, -0.2) is 0 Å². The highest BCUT2D eigenvalue weighted by molar-refractivity contribution is 5.76. The van der Waals surface area contributed by atoms with Gasteiger partial charge in [0.2, 0.25) is 0 Å². The predicted molar refractivity (Wildman–Crippen MR) is 55.4 cm³/mol. The molecule has 15 heavy (non-hydrogen) atoms. The van der Waals surface area contributed by atoms with Gasteiger partial charge in [0.1, 0.15) is 0 Å². The van der Waals surface area contributed by atoms with Crippen molar-refractivity contribution < 1.29 is 14.6 Å². The topological polar surface area (TPSA) is 72.5 Å². The molecule has 4 heteroatoms. The lowest BCUT2D eigenvalue weighted by Gasteiger charge is -2.46. The predicted octanol–water partition coefficient (Wildman–Crippen LogP) is 0.995. The van der Waals surface area contributed by atoms with Crippen LogP contribution < -0.4 is 5.73 Å². The van der Waals surface area contributed by atoms with Crippen molar-refractivity contribution in [2.45, 2.75) is 38.1 Å². The number of carbonyl (C=O) groups is 1. The number of hydrogen-bond acceptors (Lipinski definition) is 3. The lowest BCUT2D eigenvalue weighted by Crippen LogP contribution is -2.56. The zero-order chi connectivity index (χ0) is 10.9. The van der Waals surface area contributed by atoms with Crippen molar-refractivity contribution in [2.24, 2.45) is 17.1 Å². The number of nitrogens with two attached hydrogens (primary N) is 1. The van der Waals surface area contributed by atoms with Crippen LogP contribution in [0.25, 0.3) is 0 Å². The van der Waals surface area contributed by atoms with Gasteiger partial charge in [0, 0.05) is 19.3 Å². The number of carboxylic acid groups (broad SMARTS) is 1. The number of rotatable bonds is 3. The molecule has 2 aliphatic rings. The van der Waals surface area contributed by atoms with Gasteiger partial charge in [0.25, 0.3) is 0 Å². The fourth-order valence-corrected chi connectivity index (χ4v) is 2.77. The zero-order valence-corrected chi connectivity index (χ0v) is 8.95. The lowest BCUT2D eigenvalue weighted by molar-refractivity contribution is -0.158. The van der Waals surface area contributed by atoms with Crippen LogP contribution in [-0.4, -0.2) is 30.3 Å². The normalized spacial score (nSPS) is 28.1. The van der Waals surface area contributed by atoms with E-state index >= 15 is 0 Å². The van der Waals surface area contributed by atoms with Crippen LogP contribution in [-0.2, 0) is 9.53 Å². The third-order valence-corrected chi connectivity index (χ3v) is 4.08. The number of ether oxygens (including phenoxy) is 1. The molecule has 1 aliphatic heterocycles. The number of aliphatic carboxylic acids is 1. The first-order valence-corrected chi connectivity index (χ1v) is 5.73. The molecule has 0 aromatic rings. The number of carboxylic acids is 1. The Hall–Kier alpha value is -0.610. The van der Waals surface area contributed by atoms with E-state index in [-0.39, 0.29) is 6.04 Å². The summed E-state index contributed by atoms with van der Waals surface area (Å²) in [6, 6.07) is -0.187. The Morgan fingerprint density at radius 3 is 2.40 bits per heavy atom. The summed E-state index contributed by atoms with van der Waals surface area (Å²) in [5.74, 6) is -0.372. The summed E-state index contributed by atoms with van der Waals surface area (Å²) < 4.78 is 5.27. The fraction of sp³-hybridized carbons (Fsp3) is 0.909. The maximum absolute atomic E-state index is 11.3. The van der Waals surface area contributed by atoms with Crippen LogP contribution >= 0.6 is 0 Å². The minimum Gasteiger partial charge on any atom is -0.481 e. The summed E-state index contributed by atoms with van der Waals surface area (Å²) in [5.41, 5.74) is 5.53. The Bertz CT molecular complexity index is 244. The smallest absolute Gasteiger partial charge is 0.311 e. The first-order valence-electron chi connectivity index (χ1n) is 5.73. The minimum atomic E-state index is -0.701. The average molecular weight is 213 g/mol. The molecule has 2 fully saturated rings. The molecule has 86 valence electrons. The van der Waals surface area contributed by atoms with E-state index in [1.54, 1.807) is 0 Å². The van der Waals surface area contributed by atoms with Gasteiger partial charge in [0.15, 0.2) is 0 Å². The van der Waals surface area contributed by atoms with Crippen LogP contribution in [0.15, 0.2) is 0 Å². The zero-order valence-electron chi connectivity index (χ0n) is 8.95. The van der Waals surface area contributed by atoms with E-state index in [0.29, 0.717) is 5.92 Å². The van der Waals surface area contributed by atoms with E-state index in [1.807, 2.05) is 0 Å². The van der Waals surface area contributed by atoms with Gasteiger partial charge in [-0.05, 0) is 31.6 Å². The monoisotopic (exact) mass is 213 g/mol. The quantitative estimate of drug-likeness (QED) is 0.733. The molecule has 0 aromatic heterocycles. The SMILES string of the molecule is NC(C1CCOCC1)C1(C(=O)O)CCC1. The second-order valence-electron chi connectivity index (χ2n) is 4.79. The van der Waals surface area contributed by atoms with E-state index in [1.165, 1.54) is 0 Å². The molecule has 0 aromatic carbocycles. The van der Waals surface area contributed by atoms with Gasteiger partial charge < -0.3 is 15.6 Å². The van der Waals surface area contributed by atoms with Crippen LogP contribution in [0.3, 0.4) is 0 Å². The van der Waals surface area contributed by atoms with Gasteiger partial charge >= 0.3 is 5.97 Å². The molecule has 1 saturated heterocycles. The van der Waals surface area contributed by atoms with Crippen LogP contribution in [0, 0.1) is 11.3 Å². The van der Waals surface area contributed by atoms with Crippen LogP contribution in [0.1, 0.15) is 32.1 Å². The van der Waals surface area contributed by atoms with Crippen molar-refractivity contribution >= 4 is 5.97 Å². The van der Waals surface area contributed by atoms with Gasteiger partial charge in [-0.3, -0.25) is 4.79 Å². The first-order chi connectivity index (χ1) is 7.17. The molecule has 1 atom stereocenters. The van der Waals surface area contributed by atoms with E-state index < -0.39 is 11.4 Å². The van der Waals surface area contributed by atoms with E-state index in [2.05, 4.69) is 0 Å². The van der Waals surface area contributed by atoms with E-state index in [0.717, 1.165) is 45.3 Å². The third kappa shape index (κ3) is 1.76. The van der Waals surface area contributed by atoms with Crippen LogP contribution in [0.5, 0.6) is 0 Å². The molecule has 3 N–H and O–H groups in total. The minimum absolute atomic E-state index is 0.187. The highest BCUT2D eigenvalue weighted by Gasteiger charge is 2.51. The summed E-state index contributed by atoms with van der Waals surface area (Å²) in [4.78, 5) is 11.3. The second-order valence-corrected chi connectivity index (χ2v) is 4.79. The number of hydrogen-bond donors (Lipinski definition) is 2. The Kier molecular flexibility index (Phi) is 2.98. The van der Waals surface area contributed by atoms with Gasteiger partial charge in [-0.1, -0.05) is 6.42 Å². The molecule has 0 bridgehead atoms. The Morgan fingerprint density at radius 1 is 1.40 bits per heavy atom. The first kappa shape index (κ1) is 10.9. The summed E-state index contributed by atoms with van der Waals surface area (Å²) in [6.45, 7) is 1.46. The Labute approximate surface area is 89.8 Å². The molecule has 1 saturated carbocycles. The molecule has 1 heterocycles. The lowest BCUT2D eigenvalue weighted by atomic mass is 9.60. The molecular weight excluding hydrogens is 194 g/mol. The third-order valence-electron chi connectivity index (χ3n) is 4.08. The van der Waals surface area contributed by atoms with Crippen LogP contribution in [0.2, 0.25) is 0 Å². The summed E-state index contributed by atoms with van der Waals surface area (Å²) >= 11 is 0.